The fourth-order valence-corrected chi connectivity index (χ4v) is 6.98. The zero-order valence-corrected chi connectivity index (χ0v) is 31.9. The van der Waals surface area contributed by atoms with E-state index in [1.54, 1.807) is 0 Å². The Bertz CT molecular complexity index is 1470. The molecule has 2 aliphatic heterocycles. The molecule has 296 valence electrons. The molecule has 3 aromatic rings. The molecule has 3 aromatic carbocycles. The van der Waals surface area contributed by atoms with Crippen molar-refractivity contribution in [3.63, 3.8) is 0 Å². The average Bonchev–Trinajstić information content (AvgIpc) is 3.19. The number of hydrogen-bond acceptors (Lipinski definition) is 10. The van der Waals surface area contributed by atoms with Crippen molar-refractivity contribution >= 4 is 5.91 Å². The molecule has 0 aliphatic carbocycles. The maximum atomic E-state index is 12.6. The summed E-state index contributed by atoms with van der Waals surface area (Å²) in [7, 11) is 0. The third-order valence-corrected chi connectivity index (χ3v) is 9.88. The van der Waals surface area contributed by atoms with Crippen LogP contribution in [0.2, 0.25) is 0 Å². The summed E-state index contributed by atoms with van der Waals surface area (Å²) in [5.41, 5.74) is 2.90. The molecule has 2 fully saturated rings. The van der Waals surface area contributed by atoms with Crippen molar-refractivity contribution in [1.29, 1.82) is 0 Å². The van der Waals surface area contributed by atoms with E-state index in [0.29, 0.717) is 13.2 Å². The van der Waals surface area contributed by atoms with Gasteiger partial charge >= 0.3 is 0 Å². The lowest BCUT2D eigenvalue weighted by molar-refractivity contribution is -0.354. The summed E-state index contributed by atoms with van der Waals surface area (Å²) in [6.45, 7) is 6.17. The zero-order valence-electron chi connectivity index (χ0n) is 31.9. The van der Waals surface area contributed by atoms with Crippen molar-refractivity contribution in [2.24, 2.45) is 0 Å². The Morgan fingerprint density at radius 1 is 0.667 bits per heavy atom. The van der Waals surface area contributed by atoms with Crippen LogP contribution in [0.15, 0.2) is 91.0 Å². The van der Waals surface area contributed by atoms with E-state index in [-0.39, 0.29) is 19.1 Å². The number of hydrogen-bond donors (Lipinski definition) is 3. The van der Waals surface area contributed by atoms with Gasteiger partial charge in [-0.15, -0.1) is 0 Å². The maximum Gasteiger partial charge on any atom is 0.217 e. The molecule has 2 heterocycles. The number of aliphatic hydroxyl groups excluding tert-OH is 2. The number of ether oxygens (including phenoxy) is 7. The highest BCUT2D eigenvalue weighted by molar-refractivity contribution is 5.73. The molecular weight excluding hydrogens is 690 g/mol. The van der Waals surface area contributed by atoms with E-state index in [9.17, 15) is 15.0 Å². The van der Waals surface area contributed by atoms with Crippen LogP contribution in [-0.4, -0.2) is 90.7 Å². The van der Waals surface area contributed by atoms with E-state index < -0.39 is 68.0 Å². The van der Waals surface area contributed by atoms with Gasteiger partial charge in [0.25, 0.3) is 0 Å². The van der Waals surface area contributed by atoms with Gasteiger partial charge in [-0.1, -0.05) is 130 Å². The van der Waals surface area contributed by atoms with Gasteiger partial charge in [-0.25, -0.2) is 0 Å². The Morgan fingerprint density at radius 2 is 1.19 bits per heavy atom. The lowest BCUT2D eigenvalue weighted by atomic mass is 9.95. The van der Waals surface area contributed by atoms with Gasteiger partial charge in [0, 0.05) is 13.5 Å². The molecule has 0 aromatic heterocycles. The van der Waals surface area contributed by atoms with Crippen LogP contribution in [0.5, 0.6) is 0 Å². The van der Waals surface area contributed by atoms with E-state index in [1.165, 1.54) is 26.2 Å². The van der Waals surface area contributed by atoms with Crippen molar-refractivity contribution in [3.8, 4) is 0 Å². The number of rotatable bonds is 21. The molecule has 11 nitrogen and oxygen atoms in total. The number of carbonyl (C=O) groups excluding carboxylic acids is 1. The van der Waals surface area contributed by atoms with Gasteiger partial charge in [-0.3, -0.25) is 4.79 Å². The first-order valence-electron chi connectivity index (χ1n) is 19.5. The third kappa shape index (κ3) is 12.4. The van der Waals surface area contributed by atoms with Gasteiger partial charge in [-0.05, 0) is 30.0 Å². The summed E-state index contributed by atoms with van der Waals surface area (Å²) in [6.07, 6.45) is -1.78. The van der Waals surface area contributed by atoms with Crippen LogP contribution >= 0.6 is 0 Å². The minimum atomic E-state index is -1.34. The van der Waals surface area contributed by atoms with Gasteiger partial charge in [0.15, 0.2) is 12.6 Å². The second-order valence-corrected chi connectivity index (χ2v) is 14.2. The Hall–Kier alpha value is -3.23. The predicted molar refractivity (Wildman–Crippen MR) is 203 cm³/mol. The van der Waals surface area contributed by atoms with Crippen LogP contribution in [0.3, 0.4) is 0 Å². The third-order valence-electron chi connectivity index (χ3n) is 9.88. The first-order valence-corrected chi connectivity index (χ1v) is 19.5. The van der Waals surface area contributed by atoms with Crippen LogP contribution in [-0.2, 0) is 57.8 Å². The molecule has 2 saturated heterocycles. The van der Waals surface area contributed by atoms with Crippen molar-refractivity contribution in [1.82, 2.24) is 5.32 Å². The maximum absolute atomic E-state index is 12.6. The SMILES string of the molecule is CCCCCCCCO[C@H]1O[C@H](CO)[C@@H](O)[C@H](O[C@@H]2O[C@@H](C)[C@@H](OCc3ccccc3)[C@@H](OCc3ccccc3)[C@@H]2OCc2ccccc2)[C@H]1NC(C)=O. The van der Waals surface area contributed by atoms with Crippen molar-refractivity contribution < 1.29 is 48.2 Å². The number of aliphatic hydroxyl groups is 2. The topological polar surface area (TPSA) is 134 Å². The summed E-state index contributed by atoms with van der Waals surface area (Å²) in [5.74, 6) is -0.353. The van der Waals surface area contributed by atoms with Crippen LogP contribution in [0.25, 0.3) is 0 Å². The van der Waals surface area contributed by atoms with E-state index in [1.807, 2.05) is 97.9 Å². The number of nitrogens with one attached hydrogen (secondary N) is 1. The summed E-state index contributed by atoms with van der Waals surface area (Å²) in [4.78, 5) is 12.6. The van der Waals surface area contributed by atoms with E-state index >= 15 is 0 Å². The van der Waals surface area contributed by atoms with Crippen molar-refractivity contribution in [3.05, 3.63) is 108 Å². The minimum absolute atomic E-state index is 0.217. The second kappa shape index (κ2) is 22.4. The van der Waals surface area contributed by atoms with Crippen LogP contribution in [0, 0.1) is 0 Å². The van der Waals surface area contributed by atoms with Gasteiger partial charge in [0.2, 0.25) is 5.91 Å². The Kier molecular flexibility index (Phi) is 17.4. The van der Waals surface area contributed by atoms with E-state index in [0.717, 1.165) is 36.0 Å². The highest BCUT2D eigenvalue weighted by Crippen LogP contribution is 2.34. The molecule has 0 radical (unpaired) electrons. The lowest BCUT2D eigenvalue weighted by Gasteiger charge is -2.49. The van der Waals surface area contributed by atoms with Crippen LogP contribution < -0.4 is 5.32 Å². The monoisotopic (exact) mass is 749 g/mol. The molecule has 0 unspecified atom stereocenters. The predicted octanol–water partition coefficient (Wildman–Crippen LogP) is 5.83. The molecular formula is C43H59NO10. The highest BCUT2D eigenvalue weighted by atomic mass is 16.7. The molecule has 3 N–H and O–H groups in total. The Morgan fingerprint density at radius 3 is 1.72 bits per heavy atom. The lowest BCUT2D eigenvalue weighted by Crippen LogP contribution is -2.68. The number of carbonyl (C=O) groups is 1. The van der Waals surface area contributed by atoms with E-state index in [4.69, 9.17) is 33.2 Å². The molecule has 2 aliphatic rings. The second-order valence-electron chi connectivity index (χ2n) is 14.2. The van der Waals surface area contributed by atoms with Gasteiger partial charge in [-0.2, -0.15) is 0 Å². The number of unbranched alkanes of at least 4 members (excludes halogenated alkanes) is 5. The quantitative estimate of drug-likeness (QED) is 0.114. The van der Waals surface area contributed by atoms with Gasteiger partial charge in [0.05, 0.1) is 32.5 Å². The molecule has 10 atom stereocenters. The smallest absolute Gasteiger partial charge is 0.217 e. The Labute approximate surface area is 320 Å². The molecule has 1 amide bonds. The van der Waals surface area contributed by atoms with Gasteiger partial charge < -0.3 is 48.7 Å². The number of amides is 1. The summed E-state index contributed by atoms with van der Waals surface area (Å²) >= 11 is 0. The van der Waals surface area contributed by atoms with Crippen molar-refractivity contribution in [2.45, 2.75) is 140 Å². The standard InChI is InChI=1S/C43H59NO10/c1-4-5-6-7-8-18-25-48-42-36(44-31(3)46)39(37(47)35(26-45)53-42)54-43-41(51-29-34-23-16-11-17-24-34)40(50-28-33-21-14-10-15-22-33)38(30(2)52-43)49-27-32-19-12-9-13-20-32/h9-17,19-24,30,35-43,45,47H,4-8,18,25-29H2,1-3H3,(H,44,46)/t30-,35+,36+,37+,38+,39+,40+,41-,42-,43-/m0/s1. The molecule has 0 bridgehead atoms. The van der Waals surface area contributed by atoms with Gasteiger partial charge in [0.1, 0.15) is 42.7 Å². The van der Waals surface area contributed by atoms with Crippen molar-refractivity contribution in [2.75, 3.05) is 13.2 Å². The molecule has 11 heteroatoms. The van der Waals surface area contributed by atoms with E-state index in [2.05, 4.69) is 12.2 Å². The summed E-state index contributed by atoms with van der Waals surface area (Å²) in [5, 5.41) is 24.8. The van der Waals surface area contributed by atoms with Crippen LogP contribution in [0.4, 0.5) is 0 Å². The first-order chi connectivity index (χ1) is 26.4. The molecule has 54 heavy (non-hydrogen) atoms. The summed E-state index contributed by atoms with van der Waals surface area (Å²) in [6, 6.07) is 28.6. The molecule has 0 spiro atoms. The normalized spacial score (nSPS) is 28.5. The summed E-state index contributed by atoms with van der Waals surface area (Å²) < 4.78 is 45.5. The molecule has 5 rings (SSSR count). The minimum Gasteiger partial charge on any atom is -0.394 e. The Balaban J connectivity index is 1.42. The fourth-order valence-electron chi connectivity index (χ4n) is 6.98. The zero-order chi connectivity index (χ0) is 38.1. The largest absolute Gasteiger partial charge is 0.394 e. The average molecular weight is 750 g/mol. The first kappa shape index (κ1) is 41.9. The fraction of sp³-hybridized carbons (Fsp3) is 0.558. The highest BCUT2D eigenvalue weighted by Gasteiger charge is 2.53. The number of benzene rings is 3. The van der Waals surface area contributed by atoms with Crippen LogP contribution in [0.1, 0.15) is 76.0 Å². The molecule has 0 saturated carbocycles.